The lowest BCUT2D eigenvalue weighted by molar-refractivity contribution is -0.141. The van der Waals surface area contributed by atoms with Crippen LogP contribution in [-0.4, -0.2) is 70.0 Å². The van der Waals surface area contributed by atoms with Crippen molar-refractivity contribution in [1.29, 1.82) is 0 Å². The zero-order valence-electron chi connectivity index (χ0n) is 14.9. The summed E-state index contributed by atoms with van der Waals surface area (Å²) in [6.45, 7) is -0.491. The Morgan fingerprint density at radius 3 is 3.00 bits per heavy atom. The number of rotatable bonds is 5. The van der Waals surface area contributed by atoms with E-state index < -0.39 is 48.5 Å². The van der Waals surface area contributed by atoms with Crippen molar-refractivity contribution in [1.82, 2.24) is 9.55 Å². The minimum absolute atomic E-state index is 0.214. The van der Waals surface area contributed by atoms with E-state index in [0.717, 1.165) is 4.57 Å². The number of ether oxygens (including phenoxy) is 2. The second-order valence-corrected chi connectivity index (χ2v) is 6.44. The summed E-state index contributed by atoms with van der Waals surface area (Å²) in [6, 6.07) is 0.829. The molecule has 0 saturated carbocycles. The van der Waals surface area contributed by atoms with Gasteiger partial charge in [-0.1, -0.05) is 5.11 Å². The number of aromatic nitrogens is 2. The Labute approximate surface area is 157 Å². The number of hydrogen-bond donors (Lipinski definition) is 2. The highest BCUT2D eigenvalue weighted by Crippen LogP contribution is 2.39. The highest BCUT2D eigenvalue weighted by atomic mass is 19.1. The third kappa shape index (κ3) is 3.18. The SMILES string of the molecule is COC(=O)[C@@H]1CCCN1c1ccn([C@@H]2O[C@@](CO)(N=[N+]=[N-])C(O)[C@@H]2F)c(=O)n1. The Morgan fingerprint density at radius 2 is 2.39 bits per heavy atom. The first kappa shape index (κ1) is 20.0. The predicted molar refractivity (Wildman–Crippen MR) is 90.9 cm³/mol. The van der Waals surface area contributed by atoms with E-state index in [0.29, 0.717) is 19.4 Å². The number of aliphatic hydroxyl groups excluding tert-OH is 2. The molecule has 2 aliphatic rings. The Bertz CT molecular complexity index is 860. The summed E-state index contributed by atoms with van der Waals surface area (Å²) < 4.78 is 25.3. The fourth-order valence-corrected chi connectivity index (χ4v) is 3.46. The van der Waals surface area contributed by atoms with Crippen LogP contribution in [-0.2, 0) is 14.3 Å². The summed E-state index contributed by atoms with van der Waals surface area (Å²) >= 11 is 0. The van der Waals surface area contributed by atoms with E-state index in [1.165, 1.54) is 19.4 Å². The summed E-state index contributed by atoms with van der Waals surface area (Å²) in [7, 11) is 1.27. The minimum Gasteiger partial charge on any atom is -0.467 e. The number of esters is 1. The van der Waals surface area contributed by atoms with Gasteiger partial charge in [-0.2, -0.15) is 4.98 Å². The van der Waals surface area contributed by atoms with Crippen LogP contribution >= 0.6 is 0 Å². The van der Waals surface area contributed by atoms with E-state index in [1.54, 1.807) is 4.90 Å². The third-order valence-electron chi connectivity index (χ3n) is 4.91. The molecule has 2 saturated heterocycles. The van der Waals surface area contributed by atoms with Crippen LogP contribution in [0.4, 0.5) is 10.2 Å². The molecule has 2 fully saturated rings. The van der Waals surface area contributed by atoms with Crippen molar-refractivity contribution in [2.75, 3.05) is 25.2 Å². The zero-order chi connectivity index (χ0) is 20.5. The molecule has 1 aromatic rings. The van der Waals surface area contributed by atoms with Crippen molar-refractivity contribution in [3.63, 3.8) is 0 Å². The highest BCUT2D eigenvalue weighted by molar-refractivity contribution is 5.80. The maximum absolute atomic E-state index is 14.5. The van der Waals surface area contributed by atoms with E-state index in [4.69, 9.17) is 15.0 Å². The first-order chi connectivity index (χ1) is 13.4. The van der Waals surface area contributed by atoms with Gasteiger partial charge in [-0.05, 0) is 24.4 Å². The molecule has 5 atom stereocenters. The van der Waals surface area contributed by atoms with Crippen LogP contribution in [0.25, 0.3) is 10.4 Å². The molecule has 3 heterocycles. The fourth-order valence-electron chi connectivity index (χ4n) is 3.46. The molecule has 0 bridgehead atoms. The van der Waals surface area contributed by atoms with Gasteiger partial charge in [0.2, 0.25) is 5.72 Å². The summed E-state index contributed by atoms with van der Waals surface area (Å²) in [5.74, 6) is -0.233. The number of carbonyl (C=O) groups excluding carboxylic acids is 1. The molecule has 2 aliphatic heterocycles. The molecule has 28 heavy (non-hydrogen) atoms. The molecule has 0 amide bonds. The van der Waals surface area contributed by atoms with E-state index >= 15 is 0 Å². The van der Waals surface area contributed by atoms with Gasteiger partial charge in [0.15, 0.2) is 12.4 Å². The maximum atomic E-state index is 14.5. The molecule has 0 aromatic carbocycles. The van der Waals surface area contributed by atoms with Crippen LogP contribution in [0.15, 0.2) is 22.2 Å². The lowest BCUT2D eigenvalue weighted by atomic mass is 10.1. The fraction of sp³-hybridized carbons (Fsp3) is 0.667. The summed E-state index contributed by atoms with van der Waals surface area (Å²) in [4.78, 5) is 32.3. The van der Waals surface area contributed by atoms with E-state index in [1.807, 2.05) is 0 Å². The van der Waals surface area contributed by atoms with E-state index in [-0.39, 0.29) is 5.82 Å². The van der Waals surface area contributed by atoms with Crippen molar-refractivity contribution in [2.45, 2.75) is 43.1 Å². The van der Waals surface area contributed by atoms with Crippen molar-refractivity contribution < 1.29 is 28.9 Å². The third-order valence-corrected chi connectivity index (χ3v) is 4.91. The standard InChI is InChI=1S/C15H19FN6O6/c1-27-13(25)8-3-2-5-21(8)9-4-6-22(14(26)18-9)12-10(16)11(24)15(7-23,28-12)19-20-17/h4,6,8,10-12,23-24H,2-3,5,7H2,1H3/t8-,10-,11?,12+,15+/m0/s1. The summed E-state index contributed by atoms with van der Waals surface area (Å²) in [5.41, 5.74) is 5.45. The molecule has 0 spiro atoms. The molecule has 1 aromatic heterocycles. The Morgan fingerprint density at radius 1 is 1.64 bits per heavy atom. The molecule has 152 valence electrons. The quantitative estimate of drug-likeness (QED) is 0.293. The summed E-state index contributed by atoms with van der Waals surface area (Å²) in [5, 5.41) is 22.5. The van der Waals surface area contributed by atoms with Gasteiger partial charge >= 0.3 is 11.7 Å². The number of anilines is 1. The largest absolute Gasteiger partial charge is 0.467 e. The van der Waals surface area contributed by atoms with Gasteiger partial charge < -0.3 is 24.6 Å². The van der Waals surface area contributed by atoms with Gasteiger partial charge in [0.05, 0.1) is 13.7 Å². The lowest BCUT2D eigenvalue weighted by Crippen LogP contribution is -2.43. The van der Waals surface area contributed by atoms with Crippen molar-refractivity contribution >= 4 is 11.8 Å². The van der Waals surface area contributed by atoms with Gasteiger partial charge in [-0.25, -0.2) is 14.0 Å². The second-order valence-electron chi connectivity index (χ2n) is 6.44. The number of azide groups is 1. The number of hydrogen-bond acceptors (Lipinski definition) is 9. The molecule has 12 nitrogen and oxygen atoms in total. The first-order valence-corrected chi connectivity index (χ1v) is 8.49. The number of halogens is 1. The van der Waals surface area contributed by atoms with Crippen LogP contribution < -0.4 is 10.6 Å². The monoisotopic (exact) mass is 398 g/mol. The molecule has 13 heteroatoms. The molecule has 0 radical (unpaired) electrons. The van der Waals surface area contributed by atoms with Gasteiger partial charge in [0.25, 0.3) is 0 Å². The van der Waals surface area contributed by atoms with Crippen molar-refractivity contribution in [2.24, 2.45) is 5.11 Å². The number of aliphatic hydroxyl groups is 2. The predicted octanol–water partition coefficient (Wildman–Crippen LogP) is -0.388. The van der Waals surface area contributed by atoms with Crippen LogP contribution in [0.5, 0.6) is 0 Å². The van der Waals surface area contributed by atoms with Gasteiger partial charge in [-0.15, -0.1) is 0 Å². The number of alkyl halides is 1. The molecule has 2 N–H and O–H groups in total. The molecule has 3 rings (SSSR count). The number of carbonyl (C=O) groups is 1. The van der Waals surface area contributed by atoms with Crippen LogP contribution in [0.1, 0.15) is 19.1 Å². The highest BCUT2D eigenvalue weighted by Gasteiger charge is 2.56. The molecule has 0 aliphatic carbocycles. The van der Waals surface area contributed by atoms with Gasteiger partial charge in [0.1, 0.15) is 18.0 Å². The van der Waals surface area contributed by atoms with Crippen molar-refractivity contribution in [3.05, 3.63) is 33.2 Å². The number of nitrogens with zero attached hydrogens (tertiary/aromatic N) is 6. The zero-order valence-corrected chi connectivity index (χ0v) is 14.9. The lowest BCUT2D eigenvalue weighted by Gasteiger charge is -2.25. The minimum atomic E-state index is -2.25. The van der Waals surface area contributed by atoms with E-state index in [9.17, 15) is 24.2 Å². The molecular weight excluding hydrogens is 379 g/mol. The topological polar surface area (TPSA) is 163 Å². The average Bonchev–Trinajstić information content (AvgIpc) is 3.27. The Kier molecular flexibility index (Phi) is 5.52. The maximum Gasteiger partial charge on any atom is 0.351 e. The molecular formula is C15H19FN6O6. The second kappa shape index (κ2) is 7.72. The van der Waals surface area contributed by atoms with Crippen LogP contribution in [0, 0.1) is 0 Å². The average molecular weight is 398 g/mol. The Balaban J connectivity index is 1.90. The molecule has 1 unspecified atom stereocenters. The number of methoxy groups -OCH3 is 1. The van der Waals surface area contributed by atoms with Crippen LogP contribution in [0.3, 0.4) is 0 Å². The van der Waals surface area contributed by atoms with Gasteiger partial charge in [-0.3, -0.25) is 4.57 Å². The van der Waals surface area contributed by atoms with Crippen LogP contribution in [0.2, 0.25) is 0 Å². The normalized spacial score (nSPS) is 32.2. The van der Waals surface area contributed by atoms with Gasteiger partial charge in [0, 0.05) is 17.7 Å². The van der Waals surface area contributed by atoms with E-state index in [2.05, 4.69) is 15.0 Å². The summed E-state index contributed by atoms with van der Waals surface area (Å²) in [6.07, 6.45) is -3.33. The first-order valence-electron chi connectivity index (χ1n) is 8.49. The smallest absolute Gasteiger partial charge is 0.351 e. The van der Waals surface area contributed by atoms with Crippen molar-refractivity contribution in [3.8, 4) is 0 Å². The Hall–Kier alpha value is -2.73.